The Morgan fingerprint density at radius 1 is 1.62 bits per heavy atom. The van der Waals surface area contributed by atoms with Crippen LogP contribution in [0.4, 0.5) is 0 Å². The molecule has 3 atom stereocenters. The van der Waals surface area contributed by atoms with E-state index in [0.717, 1.165) is 18.1 Å². The van der Waals surface area contributed by atoms with Gasteiger partial charge in [-0.25, -0.2) is 0 Å². The molecule has 1 heterocycles. The summed E-state index contributed by atoms with van der Waals surface area (Å²) in [5.74, 6) is 0.479. The molecule has 3 nitrogen and oxygen atoms in total. The molecule has 0 aromatic rings. The summed E-state index contributed by atoms with van der Waals surface area (Å²) in [4.78, 5) is 4.36. The number of thioether (sulfide) groups is 1. The van der Waals surface area contributed by atoms with Gasteiger partial charge >= 0.3 is 0 Å². The van der Waals surface area contributed by atoms with E-state index in [1.54, 1.807) is 0 Å². The Morgan fingerprint density at radius 3 is 3.15 bits per heavy atom. The normalized spacial score (nSPS) is 40.8. The summed E-state index contributed by atoms with van der Waals surface area (Å²) < 4.78 is 0. The number of nitrogens with zero attached hydrogens (tertiary/aromatic N) is 1. The average Bonchev–Trinajstić information content (AvgIpc) is 2.63. The molecule has 0 bridgehead atoms. The first-order valence-corrected chi connectivity index (χ1v) is 5.81. The Hall–Kier alpha value is -0.220. The highest BCUT2D eigenvalue weighted by atomic mass is 32.2. The molecule has 2 aliphatic rings. The SMILES string of the molecule is CCN=C1NC2CCC(CO)C2S1. The summed E-state index contributed by atoms with van der Waals surface area (Å²) in [6.45, 7) is 3.22. The van der Waals surface area contributed by atoms with Gasteiger partial charge in [0.15, 0.2) is 5.17 Å². The molecular formula is C9H16N2OS. The highest BCUT2D eigenvalue weighted by molar-refractivity contribution is 8.14. The summed E-state index contributed by atoms with van der Waals surface area (Å²) in [5.41, 5.74) is 0. The van der Waals surface area contributed by atoms with Crippen LogP contribution < -0.4 is 5.32 Å². The van der Waals surface area contributed by atoms with Crippen LogP contribution in [0.1, 0.15) is 19.8 Å². The lowest BCUT2D eigenvalue weighted by atomic mass is 10.1. The molecule has 1 aliphatic carbocycles. The van der Waals surface area contributed by atoms with Gasteiger partial charge in [-0.2, -0.15) is 0 Å². The van der Waals surface area contributed by atoms with E-state index in [1.807, 2.05) is 18.7 Å². The maximum absolute atomic E-state index is 9.15. The number of amidine groups is 1. The van der Waals surface area contributed by atoms with Crippen molar-refractivity contribution in [1.29, 1.82) is 0 Å². The summed E-state index contributed by atoms with van der Waals surface area (Å²) in [7, 11) is 0. The molecule has 0 aromatic heterocycles. The van der Waals surface area contributed by atoms with Crippen LogP contribution in [0.15, 0.2) is 4.99 Å². The predicted molar refractivity (Wildman–Crippen MR) is 56.1 cm³/mol. The number of aliphatic hydroxyl groups is 1. The minimum Gasteiger partial charge on any atom is -0.396 e. The van der Waals surface area contributed by atoms with Gasteiger partial charge < -0.3 is 10.4 Å². The van der Waals surface area contributed by atoms with Crippen molar-refractivity contribution in [3.8, 4) is 0 Å². The zero-order valence-corrected chi connectivity index (χ0v) is 8.68. The number of rotatable bonds is 2. The monoisotopic (exact) mass is 200 g/mol. The van der Waals surface area contributed by atoms with Crippen molar-refractivity contribution >= 4 is 16.9 Å². The Morgan fingerprint density at radius 2 is 2.46 bits per heavy atom. The zero-order chi connectivity index (χ0) is 9.26. The summed E-state index contributed by atoms with van der Waals surface area (Å²) in [5, 5.41) is 14.2. The Bertz CT molecular complexity index is 220. The second-order valence-corrected chi connectivity index (χ2v) is 4.80. The molecule has 2 N–H and O–H groups in total. The number of aliphatic hydroxyl groups excluding tert-OH is 1. The largest absolute Gasteiger partial charge is 0.396 e. The lowest BCUT2D eigenvalue weighted by Gasteiger charge is -2.12. The van der Waals surface area contributed by atoms with E-state index in [4.69, 9.17) is 5.11 Å². The first-order chi connectivity index (χ1) is 6.35. The first-order valence-electron chi connectivity index (χ1n) is 4.93. The Labute approximate surface area is 83.0 Å². The lowest BCUT2D eigenvalue weighted by Crippen LogP contribution is -2.29. The standard InChI is InChI=1S/C9H16N2OS/c1-2-10-9-11-7-4-3-6(5-12)8(7)13-9/h6-8,12H,2-5H2,1H3,(H,10,11). The molecule has 0 radical (unpaired) electrons. The highest BCUT2D eigenvalue weighted by Gasteiger charge is 2.42. The van der Waals surface area contributed by atoms with Gasteiger partial charge in [0.25, 0.3) is 0 Å². The fourth-order valence-electron chi connectivity index (χ4n) is 2.13. The number of hydrogen-bond donors (Lipinski definition) is 2. The second kappa shape index (κ2) is 3.88. The quantitative estimate of drug-likeness (QED) is 0.694. The van der Waals surface area contributed by atoms with E-state index in [9.17, 15) is 0 Å². The van der Waals surface area contributed by atoms with Crippen LogP contribution in [0.5, 0.6) is 0 Å². The van der Waals surface area contributed by atoms with E-state index in [2.05, 4.69) is 10.3 Å². The molecular weight excluding hydrogens is 184 g/mol. The van der Waals surface area contributed by atoms with Crippen molar-refractivity contribution in [1.82, 2.24) is 5.32 Å². The van der Waals surface area contributed by atoms with Gasteiger partial charge in [-0.05, 0) is 25.7 Å². The van der Waals surface area contributed by atoms with Crippen LogP contribution in [0, 0.1) is 5.92 Å². The fraction of sp³-hybridized carbons (Fsp3) is 0.889. The zero-order valence-electron chi connectivity index (χ0n) is 7.86. The van der Waals surface area contributed by atoms with Crippen molar-refractivity contribution < 1.29 is 5.11 Å². The van der Waals surface area contributed by atoms with Crippen LogP contribution in [0.25, 0.3) is 0 Å². The summed E-state index contributed by atoms with van der Waals surface area (Å²) in [6.07, 6.45) is 2.34. The van der Waals surface area contributed by atoms with Crippen LogP contribution in [-0.2, 0) is 0 Å². The topological polar surface area (TPSA) is 44.6 Å². The molecule has 0 amide bonds. The van der Waals surface area contributed by atoms with Crippen LogP contribution in [0.3, 0.4) is 0 Å². The molecule has 13 heavy (non-hydrogen) atoms. The number of hydrogen-bond acceptors (Lipinski definition) is 3. The molecule has 2 fully saturated rings. The van der Waals surface area contributed by atoms with Crippen molar-refractivity contribution in [3.05, 3.63) is 0 Å². The van der Waals surface area contributed by atoms with Gasteiger partial charge in [-0.15, -0.1) is 0 Å². The van der Waals surface area contributed by atoms with Crippen LogP contribution >= 0.6 is 11.8 Å². The molecule has 1 saturated carbocycles. The maximum atomic E-state index is 9.15. The first kappa shape index (κ1) is 9.34. The maximum Gasteiger partial charge on any atom is 0.157 e. The molecule has 0 aromatic carbocycles. The molecule has 1 saturated heterocycles. The Kier molecular flexibility index (Phi) is 2.79. The third kappa shape index (κ3) is 1.70. The lowest BCUT2D eigenvalue weighted by molar-refractivity contribution is 0.232. The summed E-state index contributed by atoms with van der Waals surface area (Å²) in [6, 6.07) is 0.562. The Balaban J connectivity index is 2.01. The predicted octanol–water partition coefficient (Wildman–Crippen LogP) is 0.838. The van der Waals surface area contributed by atoms with E-state index in [1.165, 1.54) is 6.42 Å². The number of nitrogens with one attached hydrogen (secondary N) is 1. The van der Waals surface area contributed by atoms with Crippen LogP contribution in [-0.4, -0.2) is 34.7 Å². The average molecular weight is 200 g/mol. The molecule has 2 rings (SSSR count). The van der Waals surface area contributed by atoms with E-state index >= 15 is 0 Å². The smallest absolute Gasteiger partial charge is 0.157 e. The highest BCUT2D eigenvalue weighted by Crippen LogP contribution is 2.39. The van der Waals surface area contributed by atoms with Gasteiger partial charge in [0.05, 0.1) is 0 Å². The van der Waals surface area contributed by atoms with Crippen molar-refractivity contribution in [2.45, 2.75) is 31.1 Å². The number of aliphatic imine (C=N–C) groups is 1. The molecule has 4 heteroatoms. The van der Waals surface area contributed by atoms with Gasteiger partial charge in [0.1, 0.15) is 0 Å². The summed E-state index contributed by atoms with van der Waals surface area (Å²) >= 11 is 1.82. The molecule has 0 spiro atoms. The third-order valence-electron chi connectivity index (χ3n) is 2.80. The van der Waals surface area contributed by atoms with E-state index < -0.39 is 0 Å². The van der Waals surface area contributed by atoms with Crippen molar-refractivity contribution in [2.24, 2.45) is 10.9 Å². The van der Waals surface area contributed by atoms with Gasteiger partial charge in [-0.3, -0.25) is 4.99 Å². The minimum atomic E-state index is 0.329. The van der Waals surface area contributed by atoms with Gasteiger partial charge in [-0.1, -0.05) is 11.8 Å². The van der Waals surface area contributed by atoms with Crippen molar-refractivity contribution in [3.63, 3.8) is 0 Å². The molecule has 1 aliphatic heterocycles. The minimum absolute atomic E-state index is 0.329. The van der Waals surface area contributed by atoms with Gasteiger partial charge in [0.2, 0.25) is 0 Å². The van der Waals surface area contributed by atoms with Crippen LogP contribution in [0.2, 0.25) is 0 Å². The van der Waals surface area contributed by atoms with Gasteiger partial charge in [0, 0.05) is 24.4 Å². The third-order valence-corrected chi connectivity index (χ3v) is 4.26. The van der Waals surface area contributed by atoms with E-state index in [-0.39, 0.29) is 0 Å². The number of fused-ring (bicyclic) bond motifs is 1. The second-order valence-electron chi connectivity index (χ2n) is 3.63. The fourth-order valence-corrected chi connectivity index (χ4v) is 3.59. The van der Waals surface area contributed by atoms with Crippen molar-refractivity contribution in [2.75, 3.05) is 13.2 Å². The van der Waals surface area contributed by atoms with E-state index in [0.29, 0.717) is 23.8 Å². The molecule has 74 valence electrons. The molecule has 3 unspecified atom stereocenters.